The first-order valence-corrected chi connectivity index (χ1v) is 10.7. The van der Waals surface area contributed by atoms with E-state index in [1.165, 1.54) is 103 Å². The highest BCUT2D eigenvalue weighted by Crippen LogP contribution is 2.13. The zero-order chi connectivity index (χ0) is 17.0. The zero-order valence-corrected chi connectivity index (χ0v) is 17.5. The van der Waals surface area contributed by atoms with Crippen LogP contribution in [0.3, 0.4) is 0 Å². The van der Waals surface area contributed by atoms with Crippen molar-refractivity contribution in [2.75, 3.05) is 13.1 Å². The second-order valence-corrected chi connectivity index (χ2v) is 7.36. The van der Waals surface area contributed by atoms with E-state index in [2.05, 4.69) is 12.2 Å². The zero-order valence-electron chi connectivity index (χ0n) is 16.7. The first-order valence-electron chi connectivity index (χ1n) is 10.7. The number of aliphatic hydroxyl groups excluding tert-OH is 1. The van der Waals surface area contributed by atoms with Crippen LogP contribution in [0.5, 0.6) is 0 Å². The van der Waals surface area contributed by atoms with Gasteiger partial charge in [0.15, 0.2) is 0 Å². The van der Waals surface area contributed by atoms with E-state index in [1.54, 1.807) is 0 Å². The highest BCUT2D eigenvalue weighted by molar-refractivity contribution is 5.85. The van der Waals surface area contributed by atoms with Gasteiger partial charge in [0, 0.05) is 6.54 Å². The van der Waals surface area contributed by atoms with E-state index in [1.807, 2.05) is 6.92 Å². The standard InChI is InChI=1S/C21H45NO.ClH/c1-3-4-5-6-7-8-9-10-11-12-13-14-15-16-17-18-19-22-20-21(2)23;/h21-23H,3-20H2,1-2H3;1H. The van der Waals surface area contributed by atoms with Gasteiger partial charge < -0.3 is 10.4 Å². The fraction of sp³-hybridized carbons (Fsp3) is 1.00. The van der Waals surface area contributed by atoms with Gasteiger partial charge in [-0.1, -0.05) is 103 Å². The van der Waals surface area contributed by atoms with Gasteiger partial charge in [-0.15, -0.1) is 12.4 Å². The highest BCUT2D eigenvalue weighted by atomic mass is 35.5. The maximum Gasteiger partial charge on any atom is 0.0636 e. The third-order valence-electron chi connectivity index (χ3n) is 4.65. The van der Waals surface area contributed by atoms with Crippen LogP contribution in [0.4, 0.5) is 0 Å². The molecule has 2 N–H and O–H groups in total. The fourth-order valence-electron chi connectivity index (χ4n) is 3.11. The second-order valence-electron chi connectivity index (χ2n) is 7.36. The average Bonchev–Trinajstić information content (AvgIpc) is 2.53. The second kappa shape index (κ2) is 23.2. The topological polar surface area (TPSA) is 32.3 Å². The van der Waals surface area contributed by atoms with E-state index in [0.29, 0.717) is 0 Å². The molecule has 0 aromatic carbocycles. The number of unbranched alkanes of at least 4 members (excludes halogenated alkanes) is 15. The lowest BCUT2D eigenvalue weighted by atomic mass is 10.0. The minimum absolute atomic E-state index is 0. The van der Waals surface area contributed by atoms with Crippen LogP contribution >= 0.6 is 12.4 Å². The van der Waals surface area contributed by atoms with Crippen LogP contribution in [0.25, 0.3) is 0 Å². The van der Waals surface area contributed by atoms with Crippen LogP contribution in [0.2, 0.25) is 0 Å². The van der Waals surface area contributed by atoms with Gasteiger partial charge in [-0.25, -0.2) is 0 Å². The Morgan fingerprint density at radius 3 is 1.29 bits per heavy atom. The molecule has 24 heavy (non-hydrogen) atoms. The molecule has 0 amide bonds. The SMILES string of the molecule is CCCCCCCCCCCCCCCCCCNCC(C)O.Cl. The monoisotopic (exact) mass is 363 g/mol. The normalized spacial score (nSPS) is 12.1. The van der Waals surface area contributed by atoms with Crippen LogP contribution in [-0.2, 0) is 0 Å². The molecule has 0 radical (unpaired) electrons. The molecule has 0 fully saturated rings. The van der Waals surface area contributed by atoms with Crippen molar-refractivity contribution < 1.29 is 5.11 Å². The minimum atomic E-state index is -0.212. The predicted octanol–water partition coefficient (Wildman–Crippen LogP) is 6.64. The van der Waals surface area contributed by atoms with Crippen molar-refractivity contribution in [3.05, 3.63) is 0 Å². The summed E-state index contributed by atoms with van der Waals surface area (Å²) in [5, 5.41) is 12.4. The van der Waals surface area contributed by atoms with Crippen molar-refractivity contribution >= 4 is 12.4 Å². The van der Waals surface area contributed by atoms with Crippen LogP contribution < -0.4 is 5.32 Å². The number of nitrogens with one attached hydrogen (secondary N) is 1. The van der Waals surface area contributed by atoms with E-state index < -0.39 is 0 Å². The van der Waals surface area contributed by atoms with Gasteiger partial charge in [-0.2, -0.15) is 0 Å². The molecule has 2 nitrogen and oxygen atoms in total. The predicted molar refractivity (Wildman–Crippen MR) is 111 cm³/mol. The maximum atomic E-state index is 9.12. The summed E-state index contributed by atoms with van der Waals surface area (Å²) >= 11 is 0. The van der Waals surface area contributed by atoms with Crippen molar-refractivity contribution in [3.63, 3.8) is 0 Å². The molecule has 0 saturated carbocycles. The Hall–Kier alpha value is 0.210. The molecule has 0 aromatic heterocycles. The number of hydrogen-bond donors (Lipinski definition) is 2. The van der Waals surface area contributed by atoms with Crippen LogP contribution in [0.1, 0.15) is 117 Å². The Balaban J connectivity index is 0. The Morgan fingerprint density at radius 1 is 0.625 bits per heavy atom. The summed E-state index contributed by atoms with van der Waals surface area (Å²) in [5.41, 5.74) is 0. The molecule has 0 aliphatic heterocycles. The molecule has 1 atom stereocenters. The number of hydrogen-bond acceptors (Lipinski definition) is 2. The van der Waals surface area contributed by atoms with E-state index in [4.69, 9.17) is 5.11 Å². The quantitative estimate of drug-likeness (QED) is 0.252. The summed E-state index contributed by atoms with van der Waals surface area (Å²) in [7, 11) is 0. The summed E-state index contributed by atoms with van der Waals surface area (Å²) < 4.78 is 0. The van der Waals surface area contributed by atoms with E-state index in [9.17, 15) is 0 Å². The number of halogens is 1. The highest BCUT2D eigenvalue weighted by Gasteiger charge is 1.96. The van der Waals surface area contributed by atoms with Gasteiger partial charge in [0.2, 0.25) is 0 Å². The minimum Gasteiger partial charge on any atom is -0.392 e. The Labute approximate surface area is 159 Å². The van der Waals surface area contributed by atoms with Crippen molar-refractivity contribution in [1.29, 1.82) is 0 Å². The maximum absolute atomic E-state index is 9.12. The van der Waals surface area contributed by atoms with Crippen molar-refractivity contribution in [1.82, 2.24) is 5.32 Å². The molecule has 0 rings (SSSR count). The van der Waals surface area contributed by atoms with Gasteiger partial charge in [0.05, 0.1) is 6.10 Å². The molecule has 0 bridgehead atoms. The van der Waals surface area contributed by atoms with Gasteiger partial charge >= 0.3 is 0 Å². The van der Waals surface area contributed by atoms with Gasteiger partial charge in [-0.3, -0.25) is 0 Å². The molecule has 0 heterocycles. The van der Waals surface area contributed by atoms with Crippen molar-refractivity contribution in [2.24, 2.45) is 0 Å². The molecule has 3 heteroatoms. The third-order valence-corrected chi connectivity index (χ3v) is 4.65. The first-order chi connectivity index (χ1) is 11.3. The lowest BCUT2D eigenvalue weighted by Crippen LogP contribution is -2.25. The third kappa shape index (κ3) is 24.5. The largest absolute Gasteiger partial charge is 0.392 e. The Bertz CT molecular complexity index is 212. The van der Waals surface area contributed by atoms with Crippen LogP contribution in [-0.4, -0.2) is 24.3 Å². The average molecular weight is 364 g/mol. The van der Waals surface area contributed by atoms with E-state index in [0.717, 1.165) is 13.1 Å². The van der Waals surface area contributed by atoms with Gasteiger partial charge in [-0.05, 0) is 19.9 Å². The molecular weight excluding hydrogens is 318 g/mol. The van der Waals surface area contributed by atoms with Crippen molar-refractivity contribution in [2.45, 2.75) is 123 Å². The van der Waals surface area contributed by atoms with E-state index >= 15 is 0 Å². The molecule has 148 valence electrons. The van der Waals surface area contributed by atoms with Gasteiger partial charge in [0.1, 0.15) is 0 Å². The Morgan fingerprint density at radius 2 is 0.958 bits per heavy atom. The first kappa shape index (κ1) is 26.4. The summed E-state index contributed by atoms with van der Waals surface area (Å²) in [4.78, 5) is 0. The molecule has 0 aliphatic carbocycles. The molecular formula is C21H46ClNO. The lowest BCUT2D eigenvalue weighted by molar-refractivity contribution is 0.191. The van der Waals surface area contributed by atoms with Crippen LogP contribution in [0.15, 0.2) is 0 Å². The number of rotatable bonds is 19. The number of aliphatic hydroxyl groups is 1. The molecule has 1 unspecified atom stereocenters. The summed E-state index contributed by atoms with van der Waals surface area (Å²) in [6.07, 6.45) is 22.5. The Kier molecular flexibility index (Phi) is 25.6. The molecule has 0 aliphatic rings. The molecule has 0 saturated heterocycles. The van der Waals surface area contributed by atoms with Gasteiger partial charge in [0.25, 0.3) is 0 Å². The summed E-state index contributed by atoms with van der Waals surface area (Å²) in [5.74, 6) is 0. The van der Waals surface area contributed by atoms with Crippen LogP contribution in [0, 0.1) is 0 Å². The van der Waals surface area contributed by atoms with Crippen molar-refractivity contribution in [3.8, 4) is 0 Å². The summed E-state index contributed by atoms with van der Waals surface area (Å²) in [6.45, 7) is 5.92. The fourth-order valence-corrected chi connectivity index (χ4v) is 3.11. The summed E-state index contributed by atoms with van der Waals surface area (Å²) in [6, 6.07) is 0. The van der Waals surface area contributed by atoms with E-state index in [-0.39, 0.29) is 18.5 Å². The lowest BCUT2D eigenvalue weighted by Gasteiger charge is -2.06. The smallest absolute Gasteiger partial charge is 0.0636 e. The molecule has 0 spiro atoms. The molecule has 0 aromatic rings.